The van der Waals surface area contributed by atoms with E-state index in [-0.39, 0.29) is 12.4 Å². The molecule has 0 spiro atoms. The summed E-state index contributed by atoms with van der Waals surface area (Å²) in [5.41, 5.74) is 0.559. The summed E-state index contributed by atoms with van der Waals surface area (Å²) in [6.07, 6.45) is 0.943. The van der Waals surface area contributed by atoms with Crippen LogP contribution in [0.5, 0.6) is 0 Å². The second-order valence-corrected chi connectivity index (χ2v) is 7.32. The zero-order valence-electron chi connectivity index (χ0n) is 10.8. The molecule has 0 radical (unpaired) electrons. The molecular formula is C14H16BrNO3S. The molecule has 108 valence electrons. The van der Waals surface area contributed by atoms with Crippen molar-refractivity contribution in [3.63, 3.8) is 0 Å². The van der Waals surface area contributed by atoms with Gasteiger partial charge in [0, 0.05) is 16.8 Å². The Labute approximate surface area is 127 Å². The maximum Gasteiger partial charge on any atom is 0.232 e. The number of unbranched alkanes of at least 4 members (excludes halogenated alkanes) is 1. The molecule has 0 bridgehead atoms. The SMILES string of the molecule is O=S(=O)(CCCCO)Nc1ccc2cc(Br)ccc2c1. The van der Waals surface area contributed by atoms with Crippen LogP contribution in [0.4, 0.5) is 5.69 Å². The van der Waals surface area contributed by atoms with E-state index in [2.05, 4.69) is 20.7 Å². The third-order valence-corrected chi connectivity index (χ3v) is 4.76. The molecule has 20 heavy (non-hydrogen) atoms. The average Bonchev–Trinajstić information content (AvgIpc) is 2.38. The summed E-state index contributed by atoms with van der Waals surface area (Å²) < 4.78 is 27.3. The zero-order chi connectivity index (χ0) is 14.6. The molecule has 0 aliphatic rings. The summed E-state index contributed by atoms with van der Waals surface area (Å²) in [7, 11) is -3.35. The lowest BCUT2D eigenvalue weighted by atomic mass is 10.1. The van der Waals surface area contributed by atoms with Gasteiger partial charge in [0.15, 0.2) is 0 Å². The molecule has 2 N–H and O–H groups in total. The number of benzene rings is 2. The predicted molar refractivity (Wildman–Crippen MR) is 85.4 cm³/mol. The molecule has 0 saturated carbocycles. The van der Waals surface area contributed by atoms with Gasteiger partial charge in [-0.15, -0.1) is 0 Å². The van der Waals surface area contributed by atoms with Gasteiger partial charge in [-0.1, -0.05) is 28.1 Å². The maximum atomic E-state index is 11.9. The molecule has 2 aromatic rings. The van der Waals surface area contributed by atoms with E-state index in [1.54, 1.807) is 6.07 Å². The van der Waals surface area contributed by atoms with Crippen molar-refractivity contribution in [2.45, 2.75) is 12.8 Å². The number of halogens is 1. The van der Waals surface area contributed by atoms with Gasteiger partial charge in [0.2, 0.25) is 10.0 Å². The second-order valence-electron chi connectivity index (χ2n) is 4.56. The Morgan fingerprint density at radius 1 is 1.05 bits per heavy atom. The fraction of sp³-hybridized carbons (Fsp3) is 0.286. The van der Waals surface area contributed by atoms with Crippen molar-refractivity contribution >= 4 is 42.4 Å². The number of sulfonamides is 1. The van der Waals surface area contributed by atoms with E-state index >= 15 is 0 Å². The first-order chi connectivity index (χ1) is 9.50. The van der Waals surface area contributed by atoms with Crippen LogP contribution >= 0.6 is 15.9 Å². The van der Waals surface area contributed by atoms with Crippen molar-refractivity contribution in [2.75, 3.05) is 17.1 Å². The molecule has 0 heterocycles. The van der Waals surface area contributed by atoms with Gasteiger partial charge >= 0.3 is 0 Å². The molecule has 2 aromatic carbocycles. The van der Waals surface area contributed by atoms with Crippen LogP contribution in [0.15, 0.2) is 40.9 Å². The quantitative estimate of drug-likeness (QED) is 0.780. The predicted octanol–water partition coefficient (Wildman–Crippen LogP) is 3.12. The Balaban J connectivity index is 2.15. The first kappa shape index (κ1) is 15.3. The fourth-order valence-electron chi connectivity index (χ4n) is 1.91. The lowest BCUT2D eigenvalue weighted by molar-refractivity contribution is 0.287. The van der Waals surface area contributed by atoms with Gasteiger partial charge in [0.1, 0.15) is 0 Å². The summed E-state index contributed by atoms with van der Waals surface area (Å²) >= 11 is 3.40. The van der Waals surface area contributed by atoms with Crippen LogP contribution in [0, 0.1) is 0 Å². The van der Waals surface area contributed by atoms with E-state index in [4.69, 9.17) is 5.11 Å². The highest BCUT2D eigenvalue weighted by atomic mass is 79.9. The van der Waals surface area contributed by atoms with Crippen molar-refractivity contribution < 1.29 is 13.5 Å². The van der Waals surface area contributed by atoms with Gasteiger partial charge < -0.3 is 5.11 Å². The standard InChI is InChI=1S/C14H16BrNO3S/c15-13-5-3-12-10-14(6-4-11(12)9-13)16-20(18,19)8-2-1-7-17/h3-6,9-10,16-17H,1-2,7-8H2. The number of aliphatic hydroxyl groups is 1. The van der Waals surface area contributed by atoms with Gasteiger partial charge in [-0.2, -0.15) is 0 Å². The number of hydrogen-bond donors (Lipinski definition) is 2. The van der Waals surface area contributed by atoms with Crippen LogP contribution < -0.4 is 4.72 Å². The van der Waals surface area contributed by atoms with Crippen LogP contribution in [-0.2, 0) is 10.0 Å². The molecule has 0 amide bonds. The number of hydrogen-bond acceptors (Lipinski definition) is 3. The van der Waals surface area contributed by atoms with E-state index in [1.165, 1.54) is 0 Å². The monoisotopic (exact) mass is 357 g/mol. The maximum absolute atomic E-state index is 11.9. The van der Waals surface area contributed by atoms with Gasteiger partial charge in [0.25, 0.3) is 0 Å². The third kappa shape index (κ3) is 4.19. The van der Waals surface area contributed by atoms with Crippen molar-refractivity contribution in [3.8, 4) is 0 Å². The number of fused-ring (bicyclic) bond motifs is 1. The van der Waals surface area contributed by atoms with Crippen LogP contribution in [-0.4, -0.2) is 25.9 Å². The van der Waals surface area contributed by atoms with Crippen LogP contribution in [0.25, 0.3) is 10.8 Å². The highest BCUT2D eigenvalue weighted by Crippen LogP contribution is 2.23. The van der Waals surface area contributed by atoms with Gasteiger partial charge in [-0.3, -0.25) is 4.72 Å². The number of rotatable bonds is 6. The lowest BCUT2D eigenvalue weighted by Crippen LogP contribution is -2.16. The van der Waals surface area contributed by atoms with E-state index in [0.29, 0.717) is 18.5 Å². The molecule has 0 fully saturated rings. The molecule has 0 saturated heterocycles. The Morgan fingerprint density at radius 3 is 2.50 bits per heavy atom. The largest absolute Gasteiger partial charge is 0.396 e. The van der Waals surface area contributed by atoms with E-state index in [0.717, 1.165) is 15.2 Å². The minimum Gasteiger partial charge on any atom is -0.396 e. The van der Waals surface area contributed by atoms with Gasteiger partial charge in [-0.25, -0.2) is 8.42 Å². The van der Waals surface area contributed by atoms with Crippen molar-refractivity contribution in [1.82, 2.24) is 0 Å². The Bertz CT molecular complexity index is 701. The topological polar surface area (TPSA) is 66.4 Å². The average molecular weight is 358 g/mol. The summed E-state index contributed by atoms with van der Waals surface area (Å²) in [5, 5.41) is 10.7. The Kier molecular flexibility index (Phi) is 5.01. The van der Waals surface area contributed by atoms with Crippen LogP contribution in [0.3, 0.4) is 0 Å². The fourth-order valence-corrected chi connectivity index (χ4v) is 3.47. The Morgan fingerprint density at radius 2 is 1.75 bits per heavy atom. The minimum atomic E-state index is -3.35. The van der Waals surface area contributed by atoms with Crippen LogP contribution in [0.2, 0.25) is 0 Å². The summed E-state index contributed by atoms with van der Waals surface area (Å²) in [6.45, 7) is 0.0143. The molecule has 0 atom stereocenters. The molecule has 0 aliphatic carbocycles. The number of nitrogens with one attached hydrogen (secondary N) is 1. The van der Waals surface area contributed by atoms with Crippen molar-refractivity contribution in [3.05, 3.63) is 40.9 Å². The summed E-state index contributed by atoms with van der Waals surface area (Å²) in [6, 6.07) is 11.3. The van der Waals surface area contributed by atoms with Crippen LogP contribution in [0.1, 0.15) is 12.8 Å². The van der Waals surface area contributed by atoms with Crippen molar-refractivity contribution in [2.24, 2.45) is 0 Å². The summed E-state index contributed by atoms with van der Waals surface area (Å²) in [4.78, 5) is 0. The minimum absolute atomic E-state index is 0.0143. The number of aliphatic hydroxyl groups excluding tert-OH is 1. The van der Waals surface area contributed by atoms with Gasteiger partial charge in [-0.05, 0) is 47.9 Å². The smallest absolute Gasteiger partial charge is 0.232 e. The molecule has 2 rings (SSSR count). The van der Waals surface area contributed by atoms with E-state index < -0.39 is 10.0 Å². The lowest BCUT2D eigenvalue weighted by Gasteiger charge is -2.09. The summed E-state index contributed by atoms with van der Waals surface area (Å²) in [5.74, 6) is 0.0198. The zero-order valence-corrected chi connectivity index (χ0v) is 13.2. The molecule has 0 unspecified atom stereocenters. The van der Waals surface area contributed by atoms with Gasteiger partial charge in [0.05, 0.1) is 5.75 Å². The first-order valence-corrected chi connectivity index (χ1v) is 8.75. The molecule has 0 aliphatic heterocycles. The van der Waals surface area contributed by atoms with Crippen molar-refractivity contribution in [1.29, 1.82) is 0 Å². The number of anilines is 1. The molecule has 0 aromatic heterocycles. The van der Waals surface area contributed by atoms with E-state index in [9.17, 15) is 8.42 Å². The first-order valence-electron chi connectivity index (χ1n) is 6.31. The Hall–Kier alpha value is -1.11. The molecule has 6 heteroatoms. The second kappa shape index (κ2) is 6.56. The highest BCUT2D eigenvalue weighted by molar-refractivity contribution is 9.10. The molecular weight excluding hydrogens is 342 g/mol. The normalized spacial score (nSPS) is 11.7. The molecule has 4 nitrogen and oxygen atoms in total. The third-order valence-electron chi connectivity index (χ3n) is 2.90. The van der Waals surface area contributed by atoms with E-state index in [1.807, 2.05) is 30.3 Å². The highest BCUT2D eigenvalue weighted by Gasteiger charge is 2.10.